The summed E-state index contributed by atoms with van der Waals surface area (Å²) < 4.78 is 0. The number of fused-ring (bicyclic) bond motifs is 1. The normalized spacial score (nSPS) is 17.6. The minimum absolute atomic E-state index is 0.0477. The summed E-state index contributed by atoms with van der Waals surface area (Å²) in [6.45, 7) is 0.946. The molecule has 0 amide bonds. The van der Waals surface area contributed by atoms with E-state index < -0.39 is 0 Å². The van der Waals surface area contributed by atoms with E-state index in [1.54, 1.807) is 12.4 Å². The minimum atomic E-state index is 0.0477. The lowest BCUT2D eigenvalue weighted by Gasteiger charge is -2.26. The fourth-order valence-electron chi connectivity index (χ4n) is 3.02. The summed E-state index contributed by atoms with van der Waals surface area (Å²) in [5, 5.41) is 12.8. The summed E-state index contributed by atoms with van der Waals surface area (Å²) >= 11 is 0. The Hall–Kier alpha value is -1.87. The fraction of sp³-hybridized carbons (Fsp3) is 0.353. The zero-order valence-corrected chi connectivity index (χ0v) is 11.5. The van der Waals surface area contributed by atoms with Gasteiger partial charge in [0.1, 0.15) is 0 Å². The number of aryl methyl sites for hydroxylation is 1. The Kier molecular flexibility index (Phi) is 3.97. The number of aliphatic hydroxyl groups excluding tert-OH is 1. The largest absolute Gasteiger partial charge is 0.392 e. The number of hydrogen-bond donors (Lipinski definition) is 2. The van der Waals surface area contributed by atoms with Crippen molar-refractivity contribution in [1.29, 1.82) is 0 Å². The van der Waals surface area contributed by atoms with Crippen LogP contribution in [-0.4, -0.2) is 16.6 Å². The molecule has 2 N–H and O–H groups in total. The Bertz CT molecular complexity index is 583. The lowest BCUT2D eigenvalue weighted by Crippen LogP contribution is -2.18. The Morgan fingerprint density at radius 2 is 2.15 bits per heavy atom. The Morgan fingerprint density at radius 1 is 1.25 bits per heavy atom. The molecule has 1 aromatic heterocycles. The molecule has 3 heteroatoms. The maximum Gasteiger partial charge on any atom is 0.0703 e. The molecule has 0 spiro atoms. The van der Waals surface area contributed by atoms with E-state index in [9.17, 15) is 5.11 Å². The van der Waals surface area contributed by atoms with Crippen molar-refractivity contribution in [2.75, 3.05) is 11.9 Å². The molecule has 2 aromatic rings. The van der Waals surface area contributed by atoms with Gasteiger partial charge in [-0.15, -0.1) is 0 Å². The number of hydrogen-bond acceptors (Lipinski definition) is 3. The molecule has 0 fully saturated rings. The van der Waals surface area contributed by atoms with Crippen molar-refractivity contribution < 1.29 is 5.11 Å². The lowest BCUT2D eigenvalue weighted by atomic mass is 9.83. The molecular weight excluding hydrogens is 248 g/mol. The van der Waals surface area contributed by atoms with Crippen LogP contribution in [0.1, 0.15) is 35.4 Å². The fourth-order valence-corrected chi connectivity index (χ4v) is 3.02. The van der Waals surface area contributed by atoms with E-state index in [1.807, 2.05) is 6.07 Å². The maximum absolute atomic E-state index is 9.35. The Balaban J connectivity index is 1.73. The molecule has 1 aliphatic carbocycles. The van der Waals surface area contributed by atoms with Crippen LogP contribution in [0.3, 0.4) is 0 Å². The molecule has 0 radical (unpaired) electrons. The van der Waals surface area contributed by atoms with Gasteiger partial charge in [-0.05, 0) is 36.5 Å². The number of pyridine rings is 1. The average Bonchev–Trinajstić information content (AvgIpc) is 2.53. The van der Waals surface area contributed by atoms with Gasteiger partial charge in [0.05, 0.1) is 18.5 Å². The van der Waals surface area contributed by atoms with Crippen molar-refractivity contribution >= 4 is 5.69 Å². The SMILES string of the molecule is OCc1ccncc1NC[C@@H]1CCCc2ccccc21. The van der Waals surface area contributed by atoms with E-state index in [0.29, 0.717) is 5.92 Å². The van der Waals surface area contributed by atoms with Gasteiger partial charge in [0, 0.05) is 24.2 Å². The van der Waals surface area contributed by atoms with Gasteiger partial charge in [0.2, 0.25) is 0 Å². The summed E-state index contributed by atoms with van der Waals surface area (Å²) in [6.07, 6.45) is 7.18. The second-order valence-corrected chi connectivity index (χ2v) is 5.36. The van der Waals surface area contributed by atoms with Gasteiger partial charge in [-0.3, -0.25) is 4.98 Å². The summed E-state index contributed by atoms with van der Waals surface area (Å²) in [5.74, 6) is 0.548. The van der Waals surface area contributed by atoms with Crippen molar-refractivity contribution in [3.05, 3.63) is 59.4 Å². The van der Waals surface area contributed by atoms with E-state index in [1.165, 1.54) is 30.4 Å². The Morgan fingerprint density at radius 3 is 3.05 bits per heavy atom. The molecule has 0 saturated heterocycles. The summed E-state index contributed by atoms with van der Waals surface area (Å²) in [7, 11) is 0. The number of anilines is 1. The zero-order valence-electron chi connectivity index (χ0n) is 11.5. The van der Waals surface area contributed by atoms with Crippen molar-refractivity contribution in [1.82, 2.24) is 4.98 Å². The van der Waals surface area contributed by atoms with Gasteiger partial charge in [0.15, 0.2) is 0 Å². The van der Waals surface area contributed by atoms with Crippen molar-refractivity contribution in [3.63, 3.8) is 0 Å². The predicted molar refractivity (Wildman–Crippen MR) is 80.8 cm³/mol. The van der Waals surface area contributed by atoms with Gasteiger partial charge in [-0.1, -0.05) is 24.3 Å². The van der Waals surface area contributed by atoms with Crippen LogP contribution in [0.5, 0.6) is 0 Å². The molecule has 3 nitrogen and oxygen atoms in total. The van der Waals surface area contributed by atoms with Gasteiger partial charge in [-0.25, -0.2) is 0 Å². The van der Waals surface area contributed by atoms with Crippen LogP contribution in [0.15, 0.2) is 42.7 Å². The standard InChI is InChI=1S/C17H20N2O/c20-12-15-8-9-18-11-17(15)19-10-14-6-3-5-13-4-1-2-7-16(13)14/h1-2,4,7-9,11,14,19-20H,3,5-6,10,12H2/t14-/m0/s1. The maximum atomic E-state index is 9.35. The zero-order chi connectivity index (χ0) is 13.8. The van der Waals surface area contributed by atoms with Crippen LogP contribution < -0.4 is 5.32 Å². The molecular formula is C17H20N2O. The molecule has 104 valence electrons. The van der Waals surface area contributed by atoms with Crippen molar-refractivity contribution in [3.8, 4) is 0 Å². The number of nitrogens with one attached hydrogen (secondary N) is 1. The highest BCUT2D eigenvalue weighted by molar-refractivity contribution is 5.49. The second kappa shape index (κ2) is 6.06. The molecule has 1 aliphatic rings. The second-order valence-electron chi connectivity index (χ2n) is 5.36. The molecule has 1 aromatic carbocycles. The number of rotatable bonds is 4. The first-order valence-corrected chi connectivity index (χ1v) is 7.24. The van der Waals surface area contributed by atoms with Crippen LogP contribution in [0.25, 0.3) is 0 Å². The number of aromatic nitrogens is 1. The van der Waals surface area contributed by atoms with Crippen LogP contribution in [0, 0.1) is 0 Å². The monoisotopic (exact) mass is 268 g/mol. The van der Waals surface area contributed by atoms with Crippen LogP contribution >= 0.6 is 0 Å². The number of aliphatic hydroxyl groups is 1. The topological polar surface area (TPSA) is 45.2 Å². The highest BCUT2D eigenvalue weighted by Crippen LogP contribution is 2.31. The van der Waals surface area contributed by atoms with Crippen LogP contribution in [0.4, 0.5) is 5.69 Å². The summed E-state index contributed by atoms with van der Waals surface area (Å²) in [6, 6.07) is 10.6. The van der Waals surface area contributed by atoms with E-state index in [0.717, 1.165) is 17.8 Å². The molecule has 0 aliphatic heterocycles. The molecule has 20 heavy (non-hydrogen) atoms. The van der Waals surface area contributed by atoms with E-state index in [4.69, 9.17) is 0 Å². The van der Waals surface area contributed by atoms with Crippen molar-refractivity contribution in [2.24, 2.45) is 0 Å². The Labute approximate surface area is 119 Å². The molecule has 1 atom stereocenters. The molecule has 3 rings (SSSR count). The first kappa shape index (κ1) is 13.1. The first-order valence-electron chi connectivity index (χ1n) is 7.24. The van der Waals surface area contributed by atoms with Crippen LogP contribution in [-0.2, 0) is 13.0 Å². The molecule has 0 saturated carbocycles. The third-order valence-corrected chi connectivity index (χ3v) is 4.11. The minimum Gasteiger partial charge on any atom is -0.392 e. The third kappa shape index (κ3) is 2.68. The lowest BCUT2D eigenvalue weighted by molar-refractivity contribution is 0.282. The average molecular weight is 268 g/mol. The van der Waals surface area contributed by atoms with Gasteiger partial charge >= 0.3 is 0 Å². The molecule has 1 heterocycles. The predicted octanol–water partition coefficient (Wildman–Crippen LogP) is 3.11. The number of benzene rings is 1. The summed E-state index contributed by atoms with van der Waals surface area (Å²) in [5.41, 5.74) is 4.81. The molecule has 0 unspecified atom stereocenters. The molecule has 0 bridgehead atoms. The smallest absolute Gasteiger partial charge is 0.0703 e. The highest BCUT2D eigenvalue weighted by Gasteiger charge is 2.19. The third-order valence-electron chi connectivity index (χ3n) is 4.11. The van der Waals surface area contributed by atoms with Gasteiger partial charge in [-0.2, -0.15) is 0 Å². The van der Waals surface area contributed by atoms with Crippen LogP contribution in [0.2, 0.25) is 0 Å². The van der Waals surface area contributed by atoms with E-state index in [2.05, 4.69) is 34.6 Å². The van der Waals surface area contributed by atoms with Gasteiger partial charge < -0.3 is 10.4 Å². The summed E-state index contributed by atoms with van der Waals surface area (Å²) in [4.78, 5) is 4.13. The number of nitrogens with zero attached hydrogens (tertiary/aromatic N) is 1. The quantitative estimate of drug-likeness (QED) is 0.895. The van der Waals surface area contributed by atoms with E-state index >= 15 is 0 Å². The first-order chi connectivity index (χ1) is 9.88. The van der Waals surface area contributed by atoms with Gasteiger partial charge in [0.25, 0.3) is 0 Å². The van der Waals surface area contributed by atoms with Crippen molar-refractivity contribution in [2.45, 2.75) is 31.8 Å². The van der Waals surface area contributed by atoms with E-state index in [-0.39, 0.29) is 6.61 Å². The highest BCUT2D eigenvalue weighted by atomic mass is 16.3.